The third-order valence-electron chi connectivity index (χ3n) is 4.08. The Labute approximate surface area is 156 Å². The summed E-state index contributed by atoms with van der Waals surface area (Å²) in [4.78, 5) is 34.1. The van der Waals surface area contributed by atoms with Gasteiger partial charge in [0.25, 0.3) is 5.91 Å². The molecule has 9 nitrogen and oxygen atoms in total. The van der Waals surface area contributed by atoms with Crippen molar-refractivity contribution in [1.82, 2.24) is 9.97 Å². The molecular formula is C18H21N5O4. The molecule has 1 aromatic carbocycles. The SMILES string of the molecule is C[C@@H](OC(=O)c1nccnc1N)C(=O)Nc1ccc(N2CCOCC2)cc1. The van der Waals surface area contributed by atoms with Crippen LogP contribution in [0.15, 0.2) is 36.7 Å². The van der Waals surface area contributed by atoms with Gasteiger partial charge in [0.1, 0.15) is 0 Å². The number of nitrogens with one attached hydrogen (secondary N) is 1. The van der Waals surface area contributed by atoms with Gasteiger partial charge in [-0.3, -0.25) is 4.79 Å². The van der Waals surface area contributed by atoms with E-state index in [1.165, 1.54) is 19.3 Å². The van der Waals surface area contributed by atoms with E-state index >= 15 is 0 Å². The fourth-order valence-electron chi connectivity index (χ4n) is 2.60. The molecule has 142 valence electrons. The van der Waals surface area contributed by atoms with Crippen LogP contribution in [0.2, 0.25) is 0 Å². The third kappa shape index (κ3) is 4.70. The molecular weight excluding hydrogens is 350 g/mol. The number of carbonyl (C=O) groups is 2. The third-order valence-corrected chi connectivity index (χ3v) is 4.08. The fourth-order valence-corrected chi connectivity index (χ4v) is 2.60. The molecule has 1 aromatic heterocycles. The summed E-state index contributed by atoms with van der Waals surface area (Å²) >= 11 is 0. The van der Waals surface area contributed by atoms with Crippen LogP contribution in [0, 0.1) is 0 Å². The number of ether oxygens (including phenoxy) is 2. The van der Waals surface area contributed by atoms with Crippen LogP contribution in [-0.4, -0.2) is 54.3 Å². The standard InChI is InChI=1S/C18H21N5O4/c1-12(27-18(25)15-16(19)21-7-6-20-15)17(24)22-13-2-4-14(5-3-13)23-8-10-26-11-9-23/h2-7,12H,8-11H2,1H3,(H2,19,21)(H,22,24)/t12-/m1/s1. The first-order valence-electron chi connectivity index (χ1n) is 8.55. The molecule has 27 heavy (non-hydrogen) atoms. The number of hydrogen-bond acceptors (Lipinski definition) is 8. The summed E-state index contributed by atoms with van der Waals surface area (Å²) in [5.74, 6) is -1.30. The highest BCUT2D eigenvalue weighted by Gasteiger charge is 2.22. The van der Waals surface area contributed by atoms with Crippen LogP contribution in [0.25, 0.3) is 0 Å². The van der Waals surface area contributed by atoms with Crippen LogP contribution in [0.4, 0.5) is 17.2 Å². The fraction of sp³-hybridized carbons (Fsp3) is 0.333. The molecule has 1 aliphatic heterocycles. The molecule has 3 N–H and O–H groups in total. The average molecular weight is 371 g/mol. The summed E-state index contributed by atoms with van der Waals surface area (Å²) in [6, 6.07) is 7.46. The Morgan fingerprint density at radius 2 is 1.85 bits per heavy atom. The number of nitrogen functional groups attached to an aromatic ring is 1. The summed E-state index contributed by atoms with van der Waals surface area (Å²) < 4.78 is 10.5. The van der Waals surface area contributed by atoms with Crippen molar-refractivity contribution in [3.8, 4) is 0 Å². The van der Waals surface area contributed by atoms with E-state index in [-0.39, 0.29) is 11.5 Å². The highest BCUT2D eigenvalue weighted by Crippen LogP contribution is 2.19. The van der Waals surface area contributed by atoms with Crippen molar-refractivity contribution < 1.29 is 19.1 Å². The topological polar surface area (TPSA) is 120 Å². The van der Waals surface area contributed by atoms with Gasteiger partial charge in [0.15, 0.2) is 17.6 Å². The minimum atomic E-state index is -1.02. The Bertz CT molecular complexity index is 806. The number of aromatic nitrogens is 2. The molecule has 0 unspecified atom stereocenters. The molecule has 0 aliphatic carbocycles. The summed E-state index contributed by atoms with van der Waals surface area (Å²) in [5.41, 5.74) is 7.14. The zero-order valence-electron chi connectivity index (χ0n) is 14.9. The van der Waals surface area contributed by atoms with Crippen molar-refractivity contribution in [2.45, 2.75) is 13.0 Å². The lowest BCUT2D eigenvalue weighted by atomic mass is 10.2. The van der Waals surface area contributed by atoms with Gasteiger partial charge >= 0.3 is 5.97 Å². The maximum Gasteiger partial charge on any atom is 0.361 e. The highest BCUT2D eigenvalue weighted by atomic mass is 16.5. The second-order valence-corrected chi connectivity index (χ2v) is 5.97. The van der Waals surface area contributed by atoms with E-state index in [4.69, 9.17) is 15.2 Å². The Balaban J connectivity index is 1.56. The number of rotatable bonds is 5. The second kappa shape index (κ2) is 8.45. The molecule has 1 amide bonds. The number of hydrogen-bond donors (Lipinski definition) is 2. The highest BCUT2D eigenvalue weighted by molar-refractivity contribution is 5.98. The van der Waals surface area contributed by atoms with E-state index < -0.39 is 18.0 Å². The summed E-state index contributed by atoms with van der Waals surface area (Å²) in [6.07, 6.45) is 1.68. The molecule has 1 fully saturated rings. The largest absolute Gasteiger partial charge is 0.448 e. The summed E-state index contributed by atoms with van der Waals surface area (Å²) in [5, 5.41) is 2.72. The van der Waals surface area contributed by atoms with Crippen molar-refractivity contribution in [2.75, 3.05) is 42.3 Å². The van der Waals surface area contributed by atoms with E-state index in [9.17, 15) is 9.59 Å². The predicted molar refractivity (Wildman–Crippen MR) is 99.4 cm³/mol. The Morgan fingerprint density at radius 3 is 2.52 bits per heavy atom. The van der Waals surface area contributed by atoms with Gasteiger partial charge in [0.05, 0.1) is 13.2 Å². The molecule has 0 spiro atoms. The lowest BCUT2D eigenvalue weighted by Gasteiger charge is -2.28. The van der Waals surface area contributed by atoms with Gasteiger partial charge in [-0.2, -0.15) is 0 Å². The van der Waals surface area contributed by atoms with Crippen LogP contribution < -0.4 is 16.0 Å². The number of esters is 1. The van der Waals surface area contributed by atoms with Crippen LogP contribution in [0.1, 0.15) is 17.4 Å². The monoisotopic (exact) mass is 371 g/mol. The van der Waals surface area contributed by atoms with E-state index in [0.717, 1.165) is 18.8 Å². The van der Waals surface area contributed by atoms with Gasteiger partial charge in [0.2, 0.25) is 0 Å². The van der Waals surface area contributed by atoms with Crippen molar-refractivity contribution >= 4 is 29.1 Å². The first-order valence-corrected chi connectivity index (χ1v) is 8.55. The molecule has 1 saturated heterocycles. The van der Waals surface area contributed by atoms with Crippen molar-refractivity contribution in [3.63, 3.8) is 0 Å². The van der Waals surface area contributed by atoms with E-state index in [2.05, 4.69) is 20.2 Å². The minimum Gasteiger partial charge on any atom is -0.448 e. The number of nitrogens with two attached hydrogens (primary N) is 1. The van der Waals surface area contributed by atoms with Crippen LogP contribution in [0.5, 0.6) is 0 Å². The molecule has 2 heterocycles. The molecule has 0 bridgehead atoms. The molecule has 2 aromatic rings. The van der Waals surface area contributed by atoms with Crippen molar-refractivity contribution in [3.05, 3.63) is 42.4 Å². The maximum atomic E-state index is 12.3. The van der Waals surface area contributed by atoms with Gasteiger partial charge in [-0.15, -0.1) is 0 Å². The normalized spacial score (nSPS) is 15.1. The van der Waals surface area contributed by atoms with Gasteiger partial charge in [-0.25, -0.2) is 14.8 Å². The number of nitrogens with zero attached hydrogens (tertiary/aromatic N) is 3. The number of morpholine rings is 1. The quantitative estimate of drug-likeness (QED) is 0.749. The molecule has 3 rings (SSSR count). The number of amides is 1. The van der Waals surface area contributed by atoms with Crippen LogP contribution in [0.3, 0.4) is 0 Å². The first kappa shape index (κ1) is 18.6. The zero-order valence-corrected chi connectivity index (χ0v) is 14.9. The van der Waals surface area contributed by atoms with Crippen LogP contribution >= 0.6 is 0 Å². The Morgan fingerprint density at radius 1 is 1.19 bits per heavy atom. The number of carbonyl (C=O) groups excluding carboxylic acids is 2. The van der Waals surface area contributed by atoms with Crippen molar-refractivity contribution in [1.29, 1.82) is 0 Å². The minimum absolute atomic E-state index is 0.0474. The predicted octanol–water partition coefficient (Wildman–Crippen LogP) is 1.08. The lowest BCUT2D eigenvalue weighted by molar-refractivity contribution is -0.123. The lowest BCUT2D eigenvalue weighted by Crippen LogP contribution is -2.36. The molecule has 0 saturated carbocycles. The Kier molecular flexibility index (Phi) is 5.82. The second-order valence-electron chi connectivity index (χ2n) is 5.97. The Hall–Kier alpha value is -3.20. The summed E-state index contributed by atoms with van der Waals surface area (Å²) in [7, 11) is 0. The van der Waals surface area contributed by atoms with Crippen LogP contribution in [-0.2, 0) is 14.3 Å². The number of anilines is 3. The van der Waals surface area contributed by atoms with Crippen molar-refractivity contribution in [2.24, 2.45) is 0 Å². The van der Waals surface area contributed by atoms with E-state index in [1.54, 1.807) is 12.1 Å². The zero-order chi connectivity index (χ0) is 19.2. The van der Waals surface area contributed by atoms with Gasteiger partial charge < -0.3 is 25.4 Å². The first-order chi connectivity index (χ1) is 13.0. The van der Waals surface area contributed by atoms with E-state index in [1.807, 2.05) is 12.1 Å². The molecule has 1 atom stereocenters. The molecule has 1 aliphatic rings. The number of benzene rings is 1. The molecule has 9 heteroatoms. The van der Waals surface area contributed by atoms with Gasteiger partial charge in [-0.05, 0) is 31.2 Å². The maximum absolute atomic E-state index is 12.3. The van der Waals surface area contributed by atoms with Gasteiger partial charge in [0, 0.05) is 36.9 Å². The van der Waals surface area contributed by atoms with E-state index in [0.29, 0.717) is 18.9 Å². The molecule has 0 radical (unpaired) electrons. The summed E-state index contributed by atoms with van der Waals surface area (Å²) in [6.45, 7) is 4.56. The smallest absolute Gasteiger partial charge is 0.361 e. The average Bonchev–Trinajstić information content (AvgIpc) is 2.69. The van der Waals surface area contributed by atoms with Gasteiger partial charge in [-0.1, -0.05) is 0 Å².